The molecule has 0 saturated heterocycles. The van der Waals surface area contributed by atoms with E-state index in [0.29, 0.717) is 19.7 Å². The summed E-state index contributed by atoms with van der Waals surface area (Å²) in [5.41, 5.74) is 5.13. The zero-order chi connectivity index (χ0) is 21.6. The minimum atomic E-state index is -0.481. The molecule has 0 unspecified atom stereocenters. The summed E-state index contributed by atoms with van der Waals surface area (Å²) in [6.45, 7) is 8.26. The number of carbonyl (C=O) groups is 1. The van der Waals surface area contributed by atoms with Crippen LogP contribution in [0.2, 0.25) is 0 Å². The molecule has 162 valence electrons. The summed E-state index contributed by atoms with van der Waals surface area (Å²) in [7, 11) is 0. The van der Waals surface area contributed by atoms with Gasteiger partial charge >= 0.3 is 6.09 Å². The molecule has 0 aromatic carbocycles. The van der Waals surface area contributed by atoms with Gasteiger partial charge < -0.3 is 14.4 Å². The lowest BCUT2D eigenvalue weighted by atomic mass is 10.0. The second-order valence-corrected chi connectivity index (χ2v) is 9.99. The van der Waals surface area contributed by atoms with E-state index in [1.807, 2.05) is 37.7 Å². The van der Waals surface area contributed by atoms with Crippen molar-refractivity contribution in [3.05, 3.63) is 46.7 Å². The molecule has 0 N–H and O–H groups in total. The number of thiazole rings is 1. The van der Waals surface area contributed by atoms with Gasteiger partial charge in [0, 0.05) is 36.8 Å². The minimum Gasteiger partial charge on any atom is -0.444 e. The topological polar surface area (TPSA) is 69.0 Å². The third-order valence-electron chi connectivity index (χ3n) is 5.46. The van der Waals surface area contributed by atoms with E-state index in [9.17, 15) is 4.79 Å². The van der Waals surface area contributed by atoms with Crippen LogP contribution in [-0.4, -0.2) is 50.9 Å². The second-order valence-electron chi connectivity index (χ2n) is 8.90. The first kappa shape index (κ1) is 20.2. The first-order valence-electron chi connectivity index (χ1n) is 10.6. The van der Waals surface area contributed by atoms with Gasteiger partial charge in [0.25, 0.3) is 0 Å². The number of carbonyl (C=O) groups excluding carboxylic acids is 1. The van der Waals surface area contributed by atoms with Crippen LogP contribution in [0.1, 0.15) is 43.3 Å². The number of hydrogen-bond donors (Lipinski definition) is 0. The van der Waals surface area contributed by atoms with Gasteiger partial charge in [-0.15, -0.1) is 11.3 Å². The molecule has 2 aliphatic rings. The number of rotatable bonds is 2. The second kappa shape index (κ2) is 7.76. The van der Waals surface area contributed by atoms with Crippen molar-refractivity contribution in [2.45, 2.75) is 45.8 Å². The van der Waals surface area contributed by atoms with E-state index < -0.39 is 5.60 Å². The van der Waals surface area contributed by atoms with Crippen LogP contribution >= 0.6 is 11.3 Å². The fourth-order valence-corrected chi connectivity index (χ4v) is 4.95. The van der Waals surface area contributed by atoms with Crippen molar-refractivity contribution < 1.29 is 14.3 Å². The SMILES string of the molecule is CC(C)(C)OC(=O)N1CC=C(c2cnn3cc(-c4nc5c(s4)COCC5)ccc23)CC1. The number of hydrogen-bond acceptors (Lipinski definition) is 6. The van der Waals surface area contributed by atoms with E-state index in [1.165, 1.54) is 10.5 Å². The lowest BCUT2D eigenvalue weighted by Crippen LogP contribution is -2.39. The smallest absolute Gasteiger partial charge is 0.410 e. The van der Waals surface area contributed by atoms with Crippen LogP contribution in [-0.2, 0) is 22.5 Å². The standard InChI is InChI=1S/C23H26N4O3S/c1-23(2,3)30-22(28)26-9-6-15(7-10-26)17-12-24-27-13-16(4-5-19(17)27)21-25-18-8-11-29-14-20(18)31-21/h4-6,12-13H,7-11,14H2,1-3H3. The molecule has 5 rings (SSSR count). The predicted molar refractivity (Wildman–Crippen MR) is 120 cm³/mol. The van der Waals surface area contributed by atoms with Gasteiger partial charge in [-0.2, -0.15) is 5.10 Å². The van der Waals surface area contributed by atoms with Gasteiger partial charge in [0.2, 0.25) is 0 Å². The Kier molecular flexibility index (Phi) is 5.06. The van der Waals surface area contributed by atoms with Crippen molar-refractivity contribution in [3.63, 3.8) is 0 Å². The maximum Gasteiger partial charge on any atom is 0.410 e. The predicted octanol–water partition coefficient (Wildman–Crippen LogP) is 4.55. The molecule has 0 fully saturated rings. The van der Waals surface area contributed by atoms with Crippen molar-refractivity contribution in [1.29, 1.82) is 0 Å². The van der Waals surface area contributed by atoms with Crippen LogP contribution in [0.25, 0.3) is 21.7 Å². The highest BCUT2D eigenvalue weighted by Gasteiger charge is 2.25. The average molecular weight is 439 g/mol. The summed E-state index contributed by atoms with van der Waals surface area (Å²) in [5, 5.41) is 5.60. The number of fused-ring (bicyclic) bond motifs is 2. The van der Waals surface area contributed by atoms with Crippen molar-refractivity contribution >= 4 is 28.5 Å². The molecule has 0 bridgehead atoms. The van der Waals surface area contributed by atoms with Crippen molar-refractivity contribution in [2.75, 3.05) is 19.7 Å². The highest BCUT2D eigenvalue weighted by Crippen LogP contribution is 2.32. The Morgan fingerprint density at radius 2 is 2.13 bits per heavy atom. The van der Waals surface area contributed by atoms with Crippen molar-refractivity contribution in [2.24, 2.45) is 0 Å². The number of amides is 1. The fraction of sp³-hybridized carbons (Fsp3) is 0.435. The zero-order valence-electron chi connectivity index (χ0n) is 18.1. The van der Waals surface area contributed by atoms with Crippen molar-refractivity contribution in [1.82, 2.24) is 19.5 Å². The molecule has 3 aromatic rings. The Bertz CT molecular complexity index is 1150. The summed E-state index contributed by atoms with van der Waals surface area (Å²) in [5.74, 6) is 0. The minimum absolute atomic E-state index is 0.260. The number of nitrogens with zero attached hydrogens (tertiary/aromatic N) is 4. The summed E-state index contributed by atoms with van der Waals surface area (Å²) >= 11 is 1.70. The van der Waals surface area contributed by atoms with E-state index in [2.05, 4.69) is 23.3 Å². The summed E-state index contributed by atoms with van der Waals surface area (Å²) in [4.78, 5) is 20.1. The lowest BCUT2D eigenvalue weighted by molar-refractivity contribution is 0.0270. The molecule has 0 radical (unpaired) electrons. The fourth-order valence-electron chi connectivity index (χ4n) is 3.91. The molecule has 0 atom stereocenters. The summed E-state index contributed by atoms with van der Waals surface area (Å²) in [6, 6.07) is 4.22. The molecule has 8 heteroatoms. The summed E-state index contributed by atoms with van der Waals surface area (Å²) < 4.78 is 13.0. The number of aromatic nitrogens is 3. The van der Waals surface area contributed by atoms with Crippen LogP contribution < -0.4 is 0 Å². The van der Waals surface area contributed by atoms with Gasteiger partial charge in [-0.05, 0) is 44.9 Å². The molecule has 1 amide bonds. The van der Waals surface area contributed by atoms with Crippen molar-refractivity contribution in [3.8, 4) is 10.6 Å². The maximum atomic E-state index is 12.3. The van der Waals surface area contributed by atoms with Gasteiger partial charge in [-0.3, -0.25) is 0 Å². The largest absolute Gasteiger partial charge is 0.444 e. The van der Waals surface area contributed by atoms with Crippen LogP contribution in [0, 0.1) is 0 Å². The molecular formula is C23H26N4O3S. The maximum absolute atomic E-state index is 12.3. The quantitative estimate of drug-likeness (QED) is 0.587. The molecule has 3 aromatic heterocycles. The monoisotopic (exact) mass is 438 g/mol. The molecule has 7 nitrogen and oxygen atoms in total. The van der Waals surface area contributed by atoms with E-state index in [1.54, 1.807) is 16.2 Å². The highest BCUT2D eigenvalue weighted by atomic mass is 32.1. The number of ether oxygens (including phenoxy) is 2. The molecule has 2 aliphatic heterocycles. The third kappa shape index (κ3) is 4.09. The van der Waals surface area contributed by atoms with E-state index in [4.69, 9.17) is 14.5 Å². The van der Waals surface area contributed by atoms with Gasteiger partial charge in [-0.25, -0.2) is 14.3 Å². The Hall–Kier alpha value is -2.71. The van der Waals surface area contributed by atoms with Gasteiger partial charge in [-0.1, -0.05) is 6.08 Å². The van der Waals surface area contributed by atoms with E-state index >= 15 is 0 Å². The van der Waals surface area contributed by atoms with Gasteiger partial charge in [0.05, 0.1) is 35.5 Å². The van der Waals surface area contributed by atoms with Crippen LogP contribution in [0.3, 0.4) is 0 Å². The van der Waals surface area contributed by atoms with Gasteiger partial charge in [0.15, 0.2) is 0 Å². The zero-order valence-corrected chi connectivity index (χ0v) is 18.9. The highest BCUT2D eigenvalue weighted by molar-refractivity contribution is 7.15. The Morgan fingerprint density at radius 3 is 2.87 bits per heavy atom. The summed E-state index contributed by atoms with van der Waals surface area (Å²) in [6.07, 6.45) is 7.46. The Labute approximate surface area is 185 Å². The Morgan fingerprint density at radius 1 is 1.26 bits per heavy atom. The average Bonchev–Trinajstić information content (AvgIpc) is 3.36. The third-order valence-corrected chi connectivity index (χ3v) is 6.58. The molecule has 5 heterocycles. The Balaban J connectivity index is 1.36. The normalized spacial score (nSPS) is 16.9. The molecule has 0 spiro atoms. The lowest BCUT2D eigenvalue weighted by Gasteiger charge is -2.29. The van der Waals surface area contributed by atoms with Gasteiger partial charge in [0.1, 0.15) is 10.6 Å². The number of pyridine rings is 1. The van der Waals surface area contributed by atoms with Crippen LogP contribution in [0.5, 0.6) is 0 Å². The molecule has 31 heavy (non-hydrogen) atoms. The first-order valence-corrected chi connectivity index (χ1v) is 11.4. The molecule has 0 aliphatic carbocycles. The van der Waals surface area contributed by atoms with E-state index in [-0.39, 0.29) is 6.09 Å². The molecular weight excluding hydrogens is 412 g/mol. The first-order chi connectivity index (χ1) is 14.9. The van der Waals surface area contributed by atoms with Crippen LogP contribution in [0.4, 0.5) is 4.79 Å². The molecule has 0 saturated carbocycles. The van der Waals surface area contributed by atoms with Crippen LogP contribution in [0.15, 0.2) is 30.6 Å². The van der Waals surface area contributed by atoms with E-state index in [0.717, 1.165) is 46.8 Å².